The monoisotopic (exact) mass is 317 g/mol. The molecule has 0 radical (unpaired) electrons. The van der Waals surface area contributed by atoms with Gasteiger partial charge in [-0.2, -0.15) is 5.10 Å². The third-order valence-corrected chi connectivity index (χ3v) is 5.93. The lowest BCUT2D eigenvalue weighted by Crippen LogP contribution is -2.39. The third kappa shape index (κ3) is 4.23. The van der Waals surface area contributed by atoms with Crippen molar-refractivity contribution in [3.05, 3.63) is 18.0 Å². The molecule has 4 heteroatoms. The molecule has 1 saturated heterocycles. The molecule has 1 aromatic rings. The van der Waals surface area contributed by atoms with Crippen molar-refractivity contribution in [1.82, 2.24) is 14.7 Å². The highest BCUT2D eigenvalue weighted by molar-refractivity contribution is 5.78. The summed E-state index contributed by atoms with van der Waals surface area (Å²) in [5, 5.41) is 4.54. The molecule has 4 nitrogen and oxygen atoms in total. The van der Waals surface area contributed by atoms with Crippen LogP contribution in [0.5, 0.6) is 0 Å². The first kappa shape index (κ1) is 16.7. The highest BCUT2D eigenvalue weighted by Crippen LogP contribution is 2.31. The number of ketones is 1. The fourth-order valence-electron chi connectivity index (χ4n) is 4.24. The molecule has 0 amide bonds. The molecule has 1 aromatic heterocycles. The van der Waals surface area contributed by atoms with Gasteiger partial charge >= 0.3 is 0 Å². The second kappa shape index (κ2) is 7.61. The molecule has 0 unspecified atom stereocenters. The van der Waals surface area contributed by atoms with Gasteiger partial charge in [-0.1, -0.05) is 6.92 Å². The number of hydrogen-bond donors (Lipinski definition) is 0. The second-order valence-corrected chi connectivity index (χ2v) is 7.54. The van der Waals surface area contributed by atoms with Crippen LogP contribution in [0, 0.1) is 11.8 Å². The summed E-state index contributed by atoms with van der Waals surface area (Å²) in [4.78, 5) is 14.1. The number of aryl methyl sites for hydroxylation is 1. The van der Waals surface area contributed by atoms with E-state index < -0.39 is 0 Å². The van der Waals surface area contributed by atoms with E-state index in [2.05, 4.69) is 27.8 Å². The number of carbonyl (C=O) groups excluding carboxylic acids is 1. The van der Waals surface area contributed by atoms with E-state index in [-0.39, 0.29) is 0 Å². The fourth-order valence-corrected chi connectivity index (χ4v) is 4.24. The highest BCUT2D eigenvalue weighted by Gasteiger charge is 2.27. The molecule has 128 valence electrons. The average Bonchev–Trinajstić information content (AvgIpc) is 3.05. The summed E-state index contributed by atoms with van der Waals surface area (Å²) in [6, 6.07) is 0.583. The van der Waals surface area contributed by atoms with Gasteiger partial charge in [-0.15, -0.1) is 0 Å². The van der Waals surface area contributed by atoms with Gasteiger partial charge in [0.15, 0.2) is 0 Å². The van der Waals surface area contributed by atoms with Crippen LogP contribution in [0.25, 0.3) is 0 Å². The topological polar surface area (TPSA) is 38.1 Å². The van der Waals surface area contributed by atoms with Gasteiger partial charge in [0.2, 0.25) is 0 Å². The first-order valence-electron chi connectivity index (χ1n) is 9.41. The molecule has 0 atom stereocenters. The summed E-state index contributed by atoms with van der Waals surface area (Å²) in [6.07, 6.45) is 12.5. The van der Waals surface area contributed by atoms with Gasteiger partial charge in [0.05, 0.1) is 12.2 Å². The molecule has 0 N–H and O–H groups in total. The minimum Gasteiger partial charge on any atom is -0.303 e. The van der Waals surface area contributed by atoms with Gasteiger partial charge in [0.1, 0.15) is 5.78 Å². The van der Waals surface area contributed by atoms with E-state index in [1.54, 1.807) is 6.92 Å². The predicted molar refractivity (Wildman–Crippen MR) is 92.4 cm³/mol. The molecule has 2 fully saturated rings. The largest absolute Gasteiger partial charge is 0.303 e. The molecule has 1 aliphatic heterocycles. The van der Waals surface area contributed by atoms with Crippen molar-refractivity contribution in [1.29, 1.82) is 0 Å². The number of piperidine rings is 1. The summed E-state index contributed by atoms with van der Waals surface area (Å²) >= 11 is 0. The molecule has 0 spiro atoms. The third-order valence-electron chi connectivity index (χ3n) is 5.93. The standard InChI is InChI=1S/C19H31N3O/c1-3-16-12-20-22(14-16)19-8-10-21(11-9-19)13-17-4-6-18(7-5-17)15(2)23/h12,14,17-19H,3-11,13H2,1-2H3. The molecular weight excluding hydrogens is 286 g/mol. The van der Waals surface area contributed by atoms with Crippen LogP contribution in [-0.4, -0.2) is 40.1 Å². The molecule has 23 heavy (non-hydrogen) atoms. The Morgan fingerprint density at radius 1 is 1.17 bits per heavy atom. The van der Waals surface area contributed by atoms with Crippen molar-refractivity contribution in [2.45, 2.75) is 64.8 Å². The van der Waals surface area contributed by atoms with E-state index in [1.807, 2.05) is 6.20 Å². The summed E-state index contributed by atoms with van der Waals surface area (Å²) in [5.74, 6) is 1.55. The summed E-state index contributed by atoms with van der Waals surface area (Å²) < 4.78 is 2.19. The van der Waals surface area contributed by atoms with Gasteiger partial charge in [-0.05, 0) is 63.4 Å². The number of hydrogen-bond acceptors (Lipinski definition) is 3. The first-order chi connectivity index (χ1) is 11.2. The number of rotatable bonds is 5. The molecule has 2 aliphatic rings. The Morgan fingerprint density at radius 2 is 1.87 bits per heavy atom. The molecule has 3 rings (SSSR count). The Balaban J connectivity index is 1.42. The maximum atomic E-state index is 11.5. The van der Waals surface area contributed by atoms with Crippen molar-refractivity contribution in [2.24, 2.45) is 11.8 Å². The van der Waals surface area contributed by atoms with Crippen LogP contribution in [0.4, 0.5) is 0 Å². The minimum atomic E-state index is 0.351. The maximum absolute atomic E-state index is 11.5. The van der Waals surface area contributed by atoms with E-state index in [1.165, 1.54) is 50.9 Å². The second-order valence-electron chi connectivity index (χ2n) is 7.54. The molecule has 1 aliphatic carbocycles. The normalized spacial score (nSPS) is 27.2. The zero-order chi connectivity index (χ0) is 16.2. The van der Waals surface area contributed by atoms with Crippen LogP contribution in [0.1, 0.15) is 64.0 Å². The van der Waals surface area contributed by atoms with E-state index in [9.17, 15) is 4.79 Å². The zero-order valence-electron chi connectivity index (χ0n) is 14.7. The van der Waals surface area contributed by atoms with Crippen LogP contribution >= 0.6 is 0 Å². The van der Waals surface area contributed by atoms with Crippen LogP contribution in [0.3, 0.4) is 0 Å². The Morgan fingerprint density at radius 3 is 2.43 bits per heavy atom. The van der Waals surface area contributed by atoms with Crippen molar-refractivity contribution in [3.63, 3.8) is 0 Å². The molecule has 2 heterocycles. The van der Waals surface area contributed by atoms with Gasteiger partial charge in [-0.3, -0.25) is 9.48 Å². The van der Waals surface area contributed by atoms with Crippen molar-refractivity contribution >= 4 is 5.78 Å². The van der Waals surface area contributed by atoms with Gasteiger partial charge in [0.25, 0.3) is 0 Å². The van der Waals surface area contributed by atoms with E-state index >= 15 is 0 Å². The van der Waals surface area contributed by atoms with Gasteiger partial charge < -0.3 is 4.90 Å². The van der Waals surface area contributed by atoms with Crippen molar-refractivity contribution in [3.8, 4) is 0 Å². The number of Topliss-reactive ketones (excluding diaryl/α,β-unsaturated/α-hetero) is 1. The zero-order valence-corrected chi connectivity index (χ0v) is 14.7. The number of likely N-dealkylation sites (tertiary alicyclic amines) is 1. The smallest absolute Gasteiger partial charge is 0.132 e. The maximum Gasteiger partial charge on any atom is 0.132 e. The number of nitrogens with zero attached hydrogens (tertiary/aromatic N) is 3. The molecule has 0 bridgehead atoms. The van der Waals surface area contributed by atoms with Crippen LogP contribution in [-0.2, 0) is 11.2 Å². The van der Waals surface area contributed by atoms with E-state index in [0.29, 0.717) is 17.7 Å². The SMILES string of the molecule is CCc1cnn(C2CCN(CC3CCC(C(C)=O)CC3)CC2)c1. The Bertz CT molecular complexity index is 508. The van der Waals surface area contributed by atoms with Crippen LogP contribution in [0.2, 0.25) is 0 Å². The van der Waals surface area contributed by atoms with Gasteiger partial charge in [0, 0.05) is 31.7 Å². The summed E-state index contributed by atoms with van der Waals surface area (Å²) in [6.45, 7) is 7.56. The van der Waals surface area contributed by atoms with Gasteiger partial charge in [-0.25, -0.2) is 0 Å². The predicted octanol–water partition coefficient (Wildman–Crippen LogP) is 3.48. The lowest BCUT2D eigenvalue weighted by Gasteiger charge is -2.36. The first-order valence-corrected chi connectivity index (χ1v) is 9.41. The lowest BCUT2D eigenvalue weighted by molar-refractivity contribution is -0.121. The Kier molecular flexibility index (Phi) is 5.52. The van der Waals surface area contributed by atoms with E-state index in [0.717, 1.165) is 25.2 Å². The molecule has 1 saturated carbocycles. The number of aromatic nitrogens is 2. The summed E-state index contributed by atoms with van der Waals surface area (Å²) in [7, 11) is 0. The molecule has 0 aromatic carbocycles. The van der Waals surface area contributed by atoms with Crippen molar-refractivity contribution in [2.75, 3.05) is 19.6 Å². The number of carbonyl (C=O) groups is 1. The Hall–Kier alpha value is -1.16. The molecular formula is C19H31N3O. The summed E-state index contributed by atoms with van der Waals surface area (Å²) in [5.41, 5.74) is 1.34. The van der Waals surface area contributed by atoms with E-state index in [4.69, 9.17) is 0 Å². The van der Waals surface area contributed by atoms with Crippen LogP contribution < -0.4 is 0 Å². The lowest BCUT2D eigenvalue weighted by atomic mass is 9.80. The average molecular weight is 317 g/mol. The highest BCUT2D eigenvalue weighted by atomic mass is 16.1. The minimum absolute atomic E-state index is 0.351. The van der Waals surface area contributed by atoms with Crippen LogP contribution in [0.15, 0.2) is 12.4 Å². The Labute approximate surface area is 140 Å². The fraction of sp³-hybridized carbons (Fsp3) is 0.789. The van der Waals surface area contributed by atoms with Crippen molar-refractivity contribution < 1.29 is 4.79 Å². The quantitative estimate of drug-likeness (QED) is 0.834.